The maximum absolute atomic E-state index is 6.59. The first kappa shape index (κ1) is 15.7. The molecule has 1 atom stereocenters. The quantitative estimate of drug-likeness (QED) is 0.690. The number of rotatable bonds is 6. The molecule has 0 saturated carbocycles. The second kappa shape index (κ2) is 7.37. The first-order valence-corrected chi connectivity index (χ1v) is 7.69. The third-order valence-electron chi connectivity index (χ3n) is 3.23. The van der Waals surface area contributed by atoms with Crippen LogP contribution in [0, 0.1) is 6.92 Å². The third-order valence-corrected chi connectivity index (χ3v) is 3.73. The van der Waals surface area contributed by atoms with Crippen molar-refractivity contribution in [2.75, 3.05) is 13.2 Å². The van der Waals surface area contributed by atoms with Gasteiger partial charge in [0.15, 0.2) is 11.5 Å². The molecule has 0 fully saturated rings. The normalized spacial score (nSPS) is 12.0. The lowest BCUT2D eigenvalue weighted by Gasteiger charge is -2.15. The summed E-state index contributed by atoms with van der Waals surface area (Å²) in [7, 11) is 0. The zero-order valence-corrected chi connectivity index (χ0v) is 13.5. The Hall–Kier alpha value is -1.67. The first-order valence-electron chi connectivity index (χ1n) is 7.25. The Kier molecular flexibility index (Phi) is 5.51. The summed E-state index contributed by atoms with van der Waals surface area (Å²) in [4.78, 5) is 0. The minimum atomic E-state index is -0.194. The van der Waals surface area contributed by atoms with Gasteiger partial charge in [0.05, 0.1) is 18.6 Å². The molecule has 112 valence electrons. The van der Waals surface area contributed by atoms with E-state index in [0.717, 1.165) is 22.6 Å². The fraction of sp³-hybridized carbons (Fsp3) is 0.333. The highest BCUT2D eigenvalue weighted by Gasteiger charge is 2.14. The van der Waals surface area contributed by atoms with Crippen molar-refractivity contribution in [1.82, 2.24) is 0 Å². The van der Waals surface area contributed by atoms with Crippen LogP contribution in [0.1, 0.15) is 35.9 Å². The van der Waals surface area contributed by atoms with E-state index in [0.29, 0.717) is 13.2 Å². The number of hydrogen-bond donors (Lipinski definition) is 0. The van der Waals surface area contributed by atoms with Gasteiger partial charge < -0.3 is 9.47 Å². The molecule has 0 spiro atoms. The second-order valence-corrected chi connectivity index (χ2v) is 5.28. The van der Waals surface area contributed by atoms with Crippen molar-refractivity contribution < 1.29 is 9.47 Å². The van der Waals surface area contributed by atoms with Gasteiger partial charge in [0.1, 0.15) is 0 Å². The largest absolute Gasteiger partial charge is 0.490 e. The molecule has 2 nitrogen and oxygen atoms in total. The van der Waals surface area contributed by atoms with E-state index in [1.54, 1.807) is 0 Å². The third kappa shape index (κ3) is 3.92. The van der Waals surface area contributed by atoms with Crippen LogP contribution in [-0.2, 0) is 0 Å². The average molecular weight is 305 g/mol. The summed E-state index contributed by atoms with van der Waals surface area (Å²) in [6, 6.07) is 14.1. The molecule has 0 saturated heterocycles. The van der Waals surface area contributed by atoms with Gasteiger partial charge in [-0.15, -0.1) is 11.6 Å². The number of halogens is 1. The van der Waals surface area contributed by atoms with Crippen LogP contribution >= 0.6 is 11.6 Å². The molecule has 2 aromatic rings. The number of benzene rings is 2. The number of hydrogen-bond acceptors (Lipinski definition) is 2. The van der Waals surface area contributed by atoms with Crippen LogP contribution < -0.4 is 9.47 Å². The highest BCUT2D eigenvalue weighted by molar-refractivity contribution is 6.22. The van der Waals surface area contributed by atoms with Crippen LogP contribution in [0.15, 0.2) is 42.5 Å². The summed E-state index contributed by atoms with van der Waals surface area (Å²) in [6.07, 6.45) is 0. The molecular weight excluding hydrogens is 284 g/mol. The molecule has 0 aliphatic rings. The maximum Gasteiger partial charge on any atom is 0.161 e. The van der Waals surface area contributed by atoms with Crippen molar-refractivity contribution in [2.24, 2.45) is 0 Å². The number of ether oxygens (including phenoxy) is 2. The lowest BCUT2D eigenvalue weighted by molar-refractivity contribution is 0.287. The van der Waals surface area contributed by atoms with Gasteiger partial charge in [0, 0.05) is 0 Å². The fourth-order valence-electron chi connectivity index (χ4n) is 2.15. The van der Waals surface area contributed by atoms with E-state index in [1.807, 2.05) is 32.0 Å². The molecule has 0 amide bonds. The van der Waals surface area contributed by atoms with Crippen LogP contribution in [0.4, 0.5) is 0 Å². The molecule has 0 N–H and O–H groups in total. The van der Waals surface area contributed by atoms with Crippen molar-refractivity contribution >= 4 is 11.6 Å². The molecule has 1 unspecified atom stereocenters. The van der Waals surface area contributed by atoms with Crippen molar-refractivity contribution in [3.8, 4) is 11.5 Å². The van der Waals surface area contributed by atoms with Gasteiger partial charge in [-0.2, -0.15) is 0 Å². The van der Waals surface area contributed by atoms with Gasteiger partial charge in [-0.3, -0.25) is 0 Å². The smallest absolute Gasteiger partial charge is 0.161 e. The minimum Gasteiger partial charge on any atom is -0.490 e. The zero-order chi connectivity index (χ0) is 15.2. The molecule has 0 radical (unpaired) electrons. The Balaban J connectivity index is 2.30. The standard InChI is InChI=1S/C18H21ClO2/c1-4-20-16-11-10-15(12-17(16)21-5-2)18(19)14-8-6-13(3)7-9-14/h6-12,18H,4-5H2,1-3H3. The molecule has 0 heterocycles. The lowest BCUT2D eigenvalue weighted by atomic mass is 10.0. The maximum atomic E-state index is 6.59. The summed E-state index contributed by atoms with van der Waals surface area (Å²) in [5.41, 5.74) is 3.31. The summed E-state index contributed by atoms with van der Waals surface area (Å²) >= 11 is 6.59. The Labute approximate surface area is 131 Å². The Morgan fingerprint density at radius 2 is 1.43 bits per heavy atom. The minimum absolute atomic E-state index is 0.194. The van der Waals surface area contributed by atoms with E-state index in [1.165, 1.54) is 5.56 Å². The van der Waals surface area contributed by atoms with Crippen molar-refractivity contribution in [2.45, 2.75) is 26.1 Å². The van der Waals surface area contributed by atoms with Crippen molar-refractivity contribution in [3.05, 3.63) is 59.2 Å². The predicted molar refractivity (Wildman–Crippen MR) is 87.7 cm³/mol. The molecule has 3 heteroatoms. The van der Waals surface area contributed by atoms with Crippen molar-refractivity contribution in [3.63, 3.8) is 0 Å². The summed E-state index contributed by atoms with van der Waals surface area (Å²) < 4.78 is 11.2. The van der Waals surface area contributed by atoms with E-state index < -0.39 is 0 Å². The predicted octanol–water partition coefficient (Wildman–Crippen LogP) is 5.12. The molecule has 0 bridgehead atoms. The van der Waals surface area contributed by atoms with Crippen LogP contribution in [0.3, 0.4) is 0 Å². The van der Waals surface area contributed by atoms with E-state index in [4.69, 9.17) is 21.1 Å². The Morgan fingerprint density at radius 3 is 2.05 bits per heavy atom. The zero-order valence-electron chi connectivity index (χ0n) is 12.7. The molecule has 21 heavy (non-hydrogen) atoms. The Bertz CT molecular complexity index is 578. The summed E-state index contributed by atoms with van der Waals surface area (Å²) in [6.45, 7) is 7.20. The van der Waals surface area contributed by atoms with Crippen LogP contribution in [0.2, 0.25) is 0 Å². The molecule has 2 rings (SSSR count). The van der Waals surface area contributed by atoms with Gasteiger partial charge in [-0.25, -0.2) is 0 Å². The first-order chi connectivity index (χ1) is 10.2. The Morgan fingerprint density at radius 1 is 0.857 bits per heavy atom. The van der Waals surface area contributed by atoms with E-state index >= 15 is 0 Å². The summed E-state index contributed by atoms with van der Waals surface area (Å²) in [5, 5.41) is -0.194. The SMILES string of the molecule is CCOc1ccc(C(Cl)c2ccc(C)cc2)cc1OCC. The highest BCUT2D eigenvalue weighted by atomic mass is 35.5. The topological polar surface area (TPSA) is 18.5 Å². The van der Waals surface area contributed by atoms with Gasteiger partial charge in [-0.1, -0.05) is 35.9 Å². The van der Waals surface area contributed by atoms with Crippen LogP contribution in [-0.4, -0.2) is 13.2 Å². The molecule has 0 aromatic heterocycles. The number of alkyl halides is 1. The monoisotopic (exact) mass is 304 g/mol. The van der Waals surface area contributed by atoms with Crippen LogP contribution in [0.25, 0.3) is 0 Å². The highest BCUT2D eigenvalue weighted by Crippen LogP contribution is 2.35. The van der Waals surface area contributed by atoms with Gasteiger partial charge in [0.2, 0.25) is 0 Å². The average Bonchev–Trinajstić information content (AvgIpc) is 2.49. The van der Waals surface area contributed by atoms with Crippen LogP contribution in [0.5, 0.6) is 11.5 Å². The molecule has 0 aliphatic heterocycles. The number of aryl methyl sites for hydroxylation is 1. The molecule has 0 aliphatic carbocycles. The second-order valence-electron chi connectivity index (χ2n) is 4.85. The van der Waals surface area contributed by atoms with E-state index in [2.05, 4.69) is 31.2 Å². The van der Waals surface area contributed by atoms with Gasteiger partial charge >= 0.3 is 0 Å². The van der Waals surface area contributed by atoms with Gasteiger partial charge in [0.25, 0.3) is 0 Å². The molecular formula is C18H21ClO2. The summed E-state index contributed by atoms with van der Waals surface area (Å²) in [5.74, 6) is 1.51. The van der Waals surface area contributed by atoms with Gasteiger partial charge in [-0.05, 0) is 44.0 Å². The van der Waals surface area contributed by atoms with E-state index in [-0.39, 0.29) is 5.38 Å². The lowest BCUT2D eigenvalue weighted by Crippen LogP contribution is -2.00. The van der Waals surface area contributed by atoms with Crippen molar-refractivity contribution in [1.29, 1.82) is 0 Å². The molecule has 2 aromatic carbocycles. The fourth-order valence-corrected chi connectivity index (χ4v) is 2.43. The van der Waals surface area contributed by atoms with E-state index in [9.17, 15) is 0 Å².